The molecule has 136 heavy (non-hydrogen) atoms. The van der Waals surface area contributed by atoms with Crippen LogP contribution in [0.2, 0.25) is 0 Å². The zero-order valence-electron chi connectivity index (χ0n) is 77.6. The van der Waals surface area contributed by atoms with Crippen molar-refractivity contribution < 1.29 is 169 Å². The number of carbonyl (C=O) groups is 4. The Kier molecular flexibility index (Phi) is 53.3. The van der Waals surface area contributed by atoms with Crippen molar-refractivity contribution in [1.29, 1.82) is 0 Å². The van der Waals surface area contributed by atoms with Crippen molar-refractivity contribution in [3.05, 3.63) is 47.6 Å². The molecule has 0 aliphatic carbocycles. The second kappa shape index (κ2) is 62.7. The van der Waals surface area contributed by atoms with E-state index in [-0.39, 0.29) is 170 Å². The number of aromatic nitrogens is 12. The number of hydrogen-bond acceptors (Lipinski definition) is 45. The first-order valence-corrected chi connectivity index (χ1v) is 50.9. The Hall–Kier alpha value is -5.64. The van der Waals surface area contributed by atoms with E-state index in [4.69, 9.17) is 75.2 Å². The molecule has 0 bridgehead atoms. The van der Waals surface area contributed by atoms with Gasteiger partial charge in [-0.15, -0.1) is 20.4 Å². The van der Waals surface area contributed by atoms with Crippen molar-refractivity contribution in [3.63, 3.8) is 0 Å². The number of nitrogens with zero attached hydrogens (tertiary/aromatic N) is 14. The first-order valence-electron chi connectivity index (χ1n) is 45.5. The molecule has 0 aromatic carbocycles. The zero-order chi connectivity index (χ0) is 98.4. The average molecular weight is 2030 g/mol. The first-order chi connectivity index (χ1) is 65.4. The topological polar surface area (TPSA) is 680 Å². The number of phosphoric ester groups is 2. The van der Waals surface area contributed by atoms with Crippen LogP contribution in [0.3, 0.4) is 0 Å². The summed E-state index contributed by atoms with van der Waals surface area (Å²) in [4.78, 5) is 76.2. The van der Waals surface area contributed by atoms with Gasteiger partial charge in [0.1, 0.15) is 73.1 Å². The summed E-state index contributed by atoms with van der Waals surface area (Å²) in [5, 5.41) is 149. The molecule has 4 aromatic rings. The third-order valence-corrected chi connectivity index (χ3v) is 26.2. The summed E-state index contributed by atoms with van der Waals surface area (Å²) in [5.74, 6) is -1.14. The van der Waals surface area contributed by atoms with Crippen LogP contribution >= 0.6 is 37.2 Å². The smallest absolute Gasteiger partial charge is 0.394 e. The molecule has 0 saturated carbocycles. The molecule has 2 unspecified atom stereocenters. The van der Waals surface area contributed by atoms with E-state index in [0.717, 1.165) is 7.11 Å². The van der Waals surface area contributed by atoms with Gasteiger partial charge in [0, 0.05) is 122 Å². The number of nitrogens with one attached hydrogen (secondary N) is 4. The molecule has 4 aliphatic heterocycles. The molecule has 0 radical (unpaired) electrons. The Balaban J connectivity index is 0.924. The van der Waals surface area contributed by atoms with Crippen molar-refractivity contribution >= 4 is 60.9 Å². The number of phosphoric acid groups is 2. The summed E-state index contributed by atoms with van der Waals surface area (Å²) in [7, 11) is -4.86. The van der Waals surface area contributed by atoms with Gasteiger partial charge in [0.05, 0.1) is 186 Å². The molecule has 4 amide bonds. The minimum Gasteiger partial charge on any atom is -0.394 e. The molecule has 8 heterocycles. The molecule has 53 nitrogen and oxygen atoms in total. The van der Waals surface area contributed by atoms with Gasteiger partial charge in [-0.2, -0.15) is 0 Å². The van der Waals surface area contributed by atoms with Crippen LogP contribution in [-0.4, -0.2) is 435 Å². The number of ether oxygens (including phenoxy) is 13. The third kappa shape index (κ3) is 41.7. The Bertz CT molecular complexity index is 4110. The molecule has 0 spiro atoms. The molecule has 4 saturated heterocycles. The standard InChI is InChI=1S/C79H140N18O35P2S2/c1-52(47-98)128-56(5)121-33-29-117-25-19-94-43-57(84-88-94)39-92(40-58-44-95(89-85-58)20-26-119-31-35-124-78-68(82-54(3)102)74(109)72(107)64(49-100)130-78)18-11-9-13-61(76(111)81-17-38-136-135-37-15-67(104)80-16-10-7-8-12-23-126-134(114,115)132-62-14-24-122-66(62)51-127-133(112,113)116-6)93(41-59-45-96(90-86-59)21-27-118-30-34-123-77-53(2)70(105)71(106)63(48-99)129-77)42-60-46-97(91-87-60)22-28-120-32-36-125-79-69(83-55(4)103)75(110)73(108)65(50-101)131-79/h43-46,52-53,56,61-66,68-75,77-79,98-101,105-110H,7-42,47-51H2,1-6H3,(H,80,104)(H,81,111)(H,82,102)(H,83,103)(H,112,113)(H,114,115)/t52-,53+,56+,61-,62+,63+,64+,65+,66+,68+,69+,70+,71-,72-,73-,74+,75+,77+,78+,79+/m0/s1. The Morgan fingerprint density at radius 3 is 1.50 bits per heavy atom. The predicted molar refractivity (Wildman–Crippen MR) is 475 cm³/mol. The number of carbonyl (C=O) groups excluding carboxylic acids is 4. The van der Waals surface area contributed by atoms with Crippen LogP contribution in [0, 0.1) is 5.92 Å². The monoisotopic (exact) mass is 2030 g/mol. The van der Waals surface area contributed by atoms with Crippen molar-refractivity contribution in [2.24, 2.45) is 5.92 Å². The van der Waals surface area contributed by atoms with E-state index in [2.05, 4.69) is 71.9 Å². The molecule has 8 rings (SSSR count). The first kappa shape index (κ1) is 116. The summed E-state index contributed by atoms with van der Waals surface area (Å²) in [6.07, 6.45) is -6.71. The highest BCUT2D eigenvalue weighted by atomic mass is 33.1. The van der Waals surface area contributed by atoms with Gasteiger partial charge < -0.3 is 144 Å². The van der Waals surface area contributed by atoms with Crippen LogP contribution in [0.4, 0.5) is 0 Å². The van der Waals surface area contributed by atoms with Gasteiger partial charge in [-0.1, -0.05) is 68.6 Å². The molecule has 4 aromatic heterocycles. The Morgan fingerprint density at radius 1 is 0.537 bits per heavy atom. The van der Waals surface area contributed by atoms with Gasteiger partial charge in [0.15, 0.2) is 25.2 Å². The summed E-state index contributed by atoms with van der Waals surface area (Å²) in [5.41, 5.74) is 2.19. The van der Waals surface area contributed by atoms with Gasteiger partial charge in [-0.3, -0.25) is 47.1 Å². The fourth-order valence-corrected chi connectivity index (χ4v) is 18.0. The molecular weight excluding hydrogens is 1890 g/mol. The van der Waals surface area contributed by atoms with Crippen molar-refractivity contribution in [2.45, 2.75) is 261 Å². The van der Waals surface area contributed by atoms with E-state index in [9.17, 15) is 84.4 Å². The summed E-state index contributed by atoms with van der Waals surface area (Å²) >= 11 is 0. The lowest BCUT2D eigenvalue weighted by atomic mass is 9.92. The highest BCUT2D eigenvalue weighted by Gasteiger charge is 2.48. The Morgan fingerprint density at radius 2 is 1.01 bits per heavy atom. The highest BCUT2D eigenvalue weighted by molar-refractivity contribution is 8.76. The number of unbranched alkanes of at least 4 members (excludes halogenated alkanes) is 4. The minimum atomic E-state index is -4.50. The maximum atomic E-state index is 15.2. The van der Waals surface area contributed by atoms with E-state index in [1.54, 1.807) is 58.1 Å². The second-order valence-corrected chi connectivity index (χ2v) is 38.3. The van der Waals surface area contributed by atoms with Crippen molar-refractivity contribution in [1.82, 2.24) is 91.0 Å². The van der Waals surface area contributed by atoms with E-state index in [0.29, 0.717) is 105 Å². The average Bonchev–Trinajstić information content (AvgIpc) is 0.954. The predicted octanol–water partition coefficient (Wildman–Crippen LogP) is -4.25. The largest absolute Gasteiger partial charge is 0.472 e. The molecule has 4 aliphatic rings. The van der Waals surface area contributed by atoms with Crippen LogP contribution in [-0.2, 0) is 160 Å². The maximum Gasteiger partial charge on any atom is 0.472 e. The van der Waals surface area contributed by atoms with Crippen molar-refractivity contribution in [2.75, 3.05) is 164 Å². The normalized spacial score (nSPS) is 25.3. The molecular formula is C79H140N18O35P2S2. The molecule has 57 heteroatoms. The van der Waals surface area contributed by atoms with Crippen LogP contribution < -0.4 is 21.3 Å². The van der Waals surface area contributed by atoms with Crippen LogP contribution in [0.25, 0.3) is 0 Å². The lowest BCUT2D eigenvalue weighted by Gasteiger charge is -2.42. The Labute approximate surface area is 795 Å². The molecule has 16 N–H and O–H groups in total. The number of amides is 4. The SMILES string of the molecule is COP(=O)(O)OC[C@H]1OCC[C@H]1OP(=O)(O)OCCCCCCNC(=O)CCSSCCNC(=O)[C@H](CCCCN(Cc1cn(CCOCCO[C@@H](C)O[C@@H](C)CO)nn1)Cc1cn(CCOCCO[C@@H]2O[C@H](CO)[C@H](O)[C@H](O)[C@H]2NC(C)=O)nn1)N(Cc1cn(CCOCCO[C@@H]2O[C@H](CO)[C@H](O)[C@H](O)[C@H]2C)nn1)Cc1cn(CCOCCO[C@@H]2O[C@H](CO)[C@H](O)[C@H](O)[C@H]2NC(C)=O)nn1. The quantitative estimate of drug-likeness (QED) is 0.00862. The van der Waals surface area contributed by atoms with Gasteiger partial charge in [0.2, 0.25) is 23.6 Å². The van der Waals surface area contributed by atoms with Crippen LogP contribution in [0.1, 0.15) is 115 Å². The highest BCUT2D eigenvalue weighted by Crippen LogP contribution is 2.48. The lowest BCUT2D eigenvalue weighted by molar-refractivity contribution is -0.284. The van der Waals surface area contributed by atoms with E-state index in [1.165, 1.54) is 35.4 Å². The summed E-state index contributed by atoms with van der Waals surface area (Å²) in [6, 6.07) is -3.13. The number of hydrogen-bond donors (Lipinski definition) is 16. The maximum absolute atomic E-state index is 15.2. The second-order valence-electron chi connectivity index (χ2n) is 32.6. The summed E-state index contributed by atoms with van der Waals surface area (Å²) < 4.78 is 125. The fraction of sp³-hybridized carbons (Fsp3) is 0.848. The van der Waals surface area contributed by atoms with Crippen molar-refractivity contribution in [3.8, 4) is 0 Å². The van der Waals surface area contributed by atoms with E-state index in [1.807, 2.05) is 11.1 Å². The molecule has 778 valence electrons. The number of aliphatic hydroxyl groups excluding tert-OH is 10. The number of aliphatic hydroxyl groups is 10. The van der Waals surface area contributed by atoms with Crippen LogP contribution in [0.5, 0.6) is 0 Å². The minimum absolute atomic E-state index is 0.0174. The number of rotatable bonds is 72. The summed E-state index contributed by atoms with van der Waals surface area (Å²) in [6.45, 7) is 9.70. The van der Waals surface area contributed by atoms with Gasteiger partial charge in [-0.25, -0.2) is 27.9 Å². The van der Waals surface area contributed by atoms with Gasteiger partial charge in [-0.05, 0) is 46.1 Å². The molecule has 4 fully saturated rings. The third-order valence-electron chi connectivity index (χ3n) is 21.8. The zero-order valence-corrected chi connectivity index (χ0v) is 81.0. The van der Waals surface area contributed by atoms with Gasteiger partial charge >= 0.3 is 15.6 Å². The van der Waals surface area contributed by atoms with Gasteiger partial charge in [0.25, 0.3) is 0 Å². The van der Waals surface area contributed by atoms with E-state index >= 15 is 4.79 Å². The van der Waals surface area contributed by atoms with E-state index < -0.39 is 176 Å². The molecule has 22 atom stereocenters. The fourth-order valence-electron chi connectivity index (χ4n) is 14.6. The lowest BCUT2D eigenvalue weighted by Crippen LogP contribution is -2.64. The van der Waals surface area contributed by atoms with Crippen LogP contribution in [0.15, 0.2) is 24.8 Å².